The van der Waals surface area contributed by atoms with E-state index >= 15 is 0 Å². The van der Waals surface area contributed by atoms with Crippen molar-refractivity contribution < 1.29 is 4.92 Å². The second-order valence-electron chi connectivity index (χ2n) is 5.84. The van der Waals surface area contributed by atoms with Gasteiger partial charge in [-0.3, -0.25) is 10.1 Å². The first-order valence-electron chi connectivity index (χ1n) is 6.33. The first-order valence-corrected chi connectivity index (χ1v) is 7.08. The molecular formula is C14H15Cl2N3O2. The summed E-state index contributed by atoms with van der Waals surface area (Å²) in [6.45, 7) is 7.43. The Hall–Kier alpha value is -1.59. The highest BCUT2D eigenvalue weighted by atomic mass is 35.5. The molecular weight excluding hydrogens is 313 g/mol. The molecule has 0 fully saturated rings. The molecule has 0 atom stereocenters. The predicted octanol–water partition coefficient (Wildman–Crippen LogP) is 4.69. The molecule has 0 aliphatic heterocycles. The van der Waals surface area contributed by atoms with Crippen molar-refractivity contribution >= 4 is 28.9 Å². The van der Waals surface area contributed by atoms with Gasteiger partial charge >= 0.3 is 5.69 Å². The van der Waals surface area contributed by atoms with E-state index in [1.54, 1.807) is 12.1 Å². The third-order valence-electron chi connectivity index (χ3n) is 3.10. The number of nitro groups is 1. The molecule has 0 bridgehead atoms. The Bertz CT molecular complexity index is 718. The van der Waals surface area contributed by atoms with Crippen LogP contribution in [0.5, 0.6) is 0 Å². The molecule has 1 aromatic carbocycles. The lowest BCUT2D eigenvalue weighted by Gasteiger charge is -2.13. The van der Waals surface area contributed by atoms with Crippen molar-refractivity contribution in [2.45, 2.75) is 33.1 Å². The summed E-state index contributed by atoms with van der Waals surface area (Å²) in [6, 6.07) is 5.28. The Kier molecular flexibility index (Phi) is 4.00. The van der Waals surface area contributed by atoms with E-state index in [0.29, 0.717) is 16.4 Å². The molecule has 0 saturated carbocycles. The molecule has 0 spiro atoms. The number of hydrogen-bond acceptors (Lipinski definition) is 3. The van der Waals surface area contributed by atoms with E-state index in [-0.39, 0.29) is 10.8 Å². The van der Waals surface area contributed by atoms with E-state index in [0.717, 1.165) is 5.56 Å². The maximum absolute atomic E-state index is 11.3. The smallest absolute Gasteiger partial charge is 0.258 e. The van der Waals surface area contributed by atoms with Crippen LogP contribution in [-0.4, -0.2) is 14.7 Å². The zero-order valence-corrected chi connectivity index (χ0v) is 13.7. The summed E-state index contributed by atoms with van der Waals surface area (Å²) >= 11 is 12.3. The lowest BCUT2D eigenvalue weighted by atomic mass is 9.91. The zero-order valence-electron chi connectivity index (χ0n) is 12.1. The number of hydrogen-bond donors (Lipinski definition) is 0. The third-order valence-corrected chi connectivity index (χ3v) is 3.84. The number of benzene rings is 1. The molecule has 5 nitrogen and oxygen atoms in total. The SMILES string of the molecule is Cc1ccc(-n2nc(C(C)(C)C)c([N+](=O)[O-])c2Cl)cc1Cl. The molecule has 2 aromatic rings. The van der Waals surface area contributed by atoms with Gasteiger partial charge in [0.1, 0.15) is 5.69 Å². The minimum Gasteiger partial charge on any atom is -0.258 e. The fourth-order valence-corrected chi connectivity index (χ4v) is 2.41. The predicted molar refractivity (Wildman–Crippen MR) is 83.7 cm³/mol. The van der Waals surface area contributed by atoms with Gasteiger partial charge in [-0.1, -0.05) is 50.0 Å². The number of aromatic nitrogens is 2. The molecule has 2 rings (SSSR count). The summed E-state index contributed by atoms with van der Waals surface area (Å²) in [7, 11) is 0. The van der Waals surface area contributed by atoms with Gasteiger partial charge in [0.15, 0.2) is 0 Å². The lowest BCUT2D eigenvalue weighted by molar-refractivity contribution is -0.385. The second kappa shape index (κ2) is 5.31. The number of rotatable bonds is 2. The molecule has 1 aromatic heterocycles. The molecule has 7 heteroatoms. The van der Waals surface area contributed by atoms with Crippen LogP contribution < -0.4 is 0 Å². The van der Waals surface area contributed by atoms with Crippen LogP contribution in [0.15, 0.2) is 18.2 Å². The van der Waals surface area contributed by atoms with Gasteiger partial charge in [-0.05, 0) is 24.6 Å². The Morgan fingerprint density at radius 3 is 2.33 bits per heavy atom. The molecule has 0 aliphatic rings. The Morgan fingerprint density at radius 1 is 1.29 bits per heavy atom. The van der Waals surface area contributed by atoms with E-state index in [9.17, 15) is 10.1 Å². The number of halogens is 2. The minimum atomic E-state index is -0.498. The van der Waals surface area contributed by atoms with Gasteiger partial charge in [0, 0.05) is 10.4 Å². The Morgan fingerprint density at radius 2 is 1.90 bits per heavy atom. The maximum atomic E-state index is 11.3. The highest BCUT2D eigenvalue weighted by molar-refractivity contribution is 6.32. The normalized spacial score (nSPS) is 11.7. The van der Waals surface area contributed by atoms with Crippen LogP contribution in [-0.2, 0) is 5.41 Å². The van der Waals surface area contributed by atoms with Crippen LogP contribution in [0.4, 0.5) is 5.69 Å². The number of aryl methyl sites for hydroxylation is 1. The summed E-state index contributed by atoms with van der Waals surface area (Å²) in [5, 5.41) is 16.2. The molecule has 0 saturated heterocycles. The molecule has 21 heavy (non-hydrogen) atoms. The second-order valence-corrected chi connectivity index (χ2v) is 6.61. The van der Waals surface area contributed by atoms with Crippen molar-refractivity contribution in [2.24, 2.45) is 0 Å². The van der Waals surface area contributed by atoms with Crippen molar-refractivity contribution in [1.29, 1.82) is 0 Å². The highest BCUT2D eigenvalue weighted by Gasteiger charge is 2.34. The van der Waals surface area contributed by atoms with Crippen molar-refractivity contribution in [3.05, 3.63) is 49.7 Å². The third kappa shape index (κ3) is 2.89. The summed E-state index contributed by atoms with van der Waals surface area (Å²) in [5.74, 6) is 0. The summed E-state index contributed by atoms with van der Waals surface area (Å²) in [4.78, 5) is 10.8. The first-order chi connectivity index (χ1) is 9.62. The monoisotopic (exact) mass is 327 g/mol. The van der Waals surface area contributed by atoms with Gasteiger partial charge in [-0.2, -0.15) is 5.10 Å². The molecule has 0 N–H and O–H groups in total. The van der Waals surface area contributed by atoms with Gasteiger partial charge in [-0.15, -0.1) is 0 Å². The van der Waals surface area contributed by atoms with E-state index < -0.39 is 10.3 Å². The van der Waals surface area contributed by atoms with Crippen LogP contribution in [0.3, 0.4) is 0 Å². The van der Waals surface area contributed by atoms with Crippen molar-refractivity contribution in [3.8, 4) is 5.69 Å². The Labute approximate surface area is 132 Å². The van der Waals surface area contributed by atoms with Gasteiger partial charge in [-0.25, -0.2) is 4.68 Å². The maximum Gasteiger partial charge on any atom is 0.330 e. The van der Waals surface area contributed by atoms with Gasteiger partial charge in [0.05, 0.1) is 10.6 Å². The first kappa shape index (κ1) is 15.8. The van der Waals surface area contributed by atoms with Crippen LogP contribution in [0.25, 0.3) is 5.69 Å². The van der Waals surface area contributed by atoms with E-state index in [1.165, 1.54) is 4.68 Å². The van der Waals surface area contributed by atoms with E-state index in [4.69, 9.17) is 23.2 Å². The van der Waals surface area contributed by atoms with Gasteiger partial charge in [0.25, 0.3) is 0 Å². The lowest BCUT2D eigenvalue weighted by Crippen LogP contribution is -2.14. The van der Waals surface area contributed by atoms with E-state index in [2.05, 4.69) is 5.10 Å². The van der Waals surface area contributed by atoms with Crippen molar-refractivity contribution in [2.75, 3.05) is 0 Å². The molecule has 0 aliphatic carbocycles. The largest absolute Gasteiger partial charge is 0.330 e. The molecule has 0 radical (unpaired) electrons. The fourth-order valence-electron chi connectivity index (χ4n) is 1.94. The Balaban J connectivity index is 2.71. The van der Waals surface area contributed by atoms with Gasteiger partial charge in [0.2, 0.25) is 5.15 Å². The zero-order chi connectivity index (χ0) is 15.9. The van der Waals surface area contributed by atoms with Crippen LogP contribution in [0.2, 0.25) is 10.2 Å². The topological polar surface area (TPSA) is 61.0 Å². The highest BCUT2D eigenvalue weighted by Crippen LogP contribution is 2.37. The average molecular weight is 328 g/mol. The van der Waals surface area contributed by atoms with E-state index in [1.807, 2.05) is 33.8 Å². The summed E-state index contributed by atoms with van der Waals surface area (Å²) < 4.78 is 1.35. The van der Waals surface area contributed by atoms with Gasteiger partial charge < -0.3 is 0 Å². The summed E-state index contributed by atoms with van der Waals surface area (Å²) in [5.41, 5.74) is 1.18. The molecule has 0 amide bonds. The molecule has 0 unspecified atom stereocenters. The number of nitrogens with zero attached hydrogens (tertiary/aromatic N) is 3. The van der Waals surface area contributed by atoms with Crippen LogP contribution in [0.1, 0.15) is 32.0 Å². The van der Waals surface area contributed by atoms with Crippen molar-refractivity contribution in [3.63, 3.8) is 0 Å². The molecule has 112 valence electrons. The van der Waals surface area contributed by atoms with Crippen molar-refractivity contribution in [1.82, 2.24) is 9.78 Å². The van der Waals surface area contributed by atoms with Crippen LogP contribution in [0, 0.1) is 17.0 Å². The molecule has 1 heterocycles. The fraction of sp³-hybridized carbons (Fsp3) is 0.357. The van der Waals surface area contributed by atoms with Crippen LogP contribution >= 0.6 is 23.2 Å². The quantitative estimate of drug-likeness (QED) is 0.593. The standard InChI is InChI=1S/C14H15Cl2N3O2/c1-8-5-6-9(7-10(8)15)18-13(16)11(19(20)21)12(17-18)14(2,3)4/h5-7H,1-4H3. The average Bonchev–Trinajstić information content (AvgIpc) is 2.70. The summed E-state index contributed by atoms with van der Waals surface area (Å²) in [6.07, 6.45) is 0. The minimum absolute atomic E-state index is 0.0233.